The van der Waals surface area contributed by atoms with Crippen molar-refractivity contribution < 1.29 is 10.2 Å². The van der Waals surface area contributed by atoms with Gasteiger partial charge in [0.2, 0.25) is 0 Å². The van der Waals surface area contributed by atoms with Crippen LogP contribution in [-0.2, 0) is 6.54 Å². The number of rotatable bonds is 4. The summed E-state index contributed by atoms with van der Waals surface area (Å²) in [7, 11) is 4.12. The summed E-state index contributed by atoms with van der Waals surface area (Å²) < 4.78 is 0. The average molecular weight is 294 g/mol. The summed E-state index contributed by atoms with van der Waals surface area (Å²) in [5.74, 6) is 5.70. The fourth-order valence-electron chi connectivity index (χ4n) is 2.66. The van der Waals surface area contributed by atoms with E-state index in [2.05, 4.69) is 35.7 Å². The molecule has 1 aliphatic rings. The number of thiophene rings is 1. The highest BCUT2D eigenvalue weighted by Crippen LogP contribution is 2.25. The van der Waals surface area contributed by atoms with Gasteiger partial charge in [0.1, 0.15) is 6.61 Å². The van der Waals surface area contributed by atoms with Gasteiger partial charge >= 0.3 is 0 Å². The van der Waals surface area contributed by atoms with Crippen LogP contribution in [0.1, 0.15) is 16.9 Å². The first-order valence-corrected chi connectivity index (χ1v) is 7.71. The van der Waals surface area contributed by atoms with E-state index in [9.17, 15) is 5.11 Å². The molecule has 4 nitrogen and oxygen atoms in total. The van der Waals surface area contributed by atoms with Gasteiger partial charge in [0.15, 0.2) is 0 Å². The molecule has 0 bridgehead atoms. The van der Waals surface area contributed by atoms with Gasteiger partial charge < -0.3 is 15.1 Å². The minimum Gasteiger partial charge on any atom is -0.392 e. The number of hydrogen-bond acceptors (Lipinski definition) is 5. The topological polar surface area (TPSA) is 46.9 Å². The molecule has 0 saturated carbocycles. The SMILES string of the molecule is CN(C)CC1CC(O)CN1Cc1sccc1C#CCO. The first-order chi connectivity index (χ1) is 9.60. The van der Waals surface area contributed by atoms with Crippen LogP contribution in [0.25, 0.3) is 0 Å². The zero-order valence-corrected chi connectivity index (χ0v) is 12.9. The van der Waals surface area contributed by atoms with Gasteiger partial charge in [-0.05, 0) is 32.0 Å². The number of likely N-dealkylation sites (tertiary alicyclic amines) is 1. The van der Waals surface area contributed by atoms with Crippen molar-refractivity contribution in [3.63, 3.8) is 0 Å². The largest absolute Gasteiger partial charge is 0.392 e. The van der Waals surface area contributed by atoms with E-state index in [0.717, 1.165) is 31.6 Å². The molecule has 20 heavy (non-hydrogen) atoms. The van der Waals surface area contributed by atoms with E-state index in [4.69, 9.17) is 5.11 Å². The molecule has 110 valence electrons. The smallest absolute Gasteiger partial charge is 0.104 e. The van der Waals surface area contributed by atoms with Crippen molar-refractivity contribution in [3.05, 3.63) is 21.9 Å². The fourth-order valence-corrected chi connectivity index (χ4v) is 3.51. The normalized spacial score (nSPS) is 23.1. The van der Waals surface area contributed by atoms with Crippen molar-refractivity contribution in [2.24, 2.45) is 0 Å². The second-order valence-corrected chi connectivity index (χ2v) is 6.45. The molecule has 0 aromatic carbocycles. The molecule has 1 saturated heterocycles. The second-order valence-electron chi connectivity index (χ2n) is 5.45. The van der Waals surface area contributed by atoms with Gasteiger partial charge in [-0.3, -0.25) is 4.90 Å². The van der Waals surface area contributed by atoms with E-state index < -0.39 is 0 Å². The zero-order valence-electron chi connectivity index (χ0n) is 12.0. The van der Waals surface area contributed by atoms with Gasteiger partial charge in [-0.2, -0.15) is 0 Å². The Labute approximate surface area is 124 Å². The van der Waals surface area contributed by atoms with Crippen molar-refractivity contribution in [2.75, 3.05) is 33.8 Å². The third-order valence-electron chi connectivity index (χ3n) is 3.48. The average Bonchev–Trinajstić information content (AvgIpc) is 2.94. The summed E-state index contributed by atoms with van der Waals surface area (Å²) in [5.41, 5.74) is 0.994. The Balaban J connectivity index is 2.06. The van der Waals surface area contributed by atoms with E-state index in [1.165, 1.54) is 4.88 Å². The molecule has 2 N–H and O–H groups in total. The summed E-state index contributed by atoms with van der Waals surface area (Å²) in [6.45, 7) is 2.40. The standard InChI is InChI=1S/C15H22N2O2S/c1-16(2)9-13-8-14(19)10-17(13)11-15-12(4-3-6-18)5-7-20-15/h5,7,13-14,18-19H,6,8-11H2,1-2H3. The van der Waals surface area contributed by atoms with Gasteiger partial charge in [0.25, 0.3) is 0 Å². The Morgan fingerprint density at radius 1 is 1.50 bits per heavy atom. The molecule has 0 amide bonds. The van der Waals surface area contributed by atoms with Crippen LogP contribution in [0, 0.1) is 11.8 Å². The molecule has 2 rings (SSSR count). The molecule has 1 aromatic rings. The molecule has 2 atom stereocenters. The summed E-state index contributed by atoms with van der Waals surface area (Å²) in [6.07, 6.45) is 0.605. The molecule has 0 aliphatic carbocycles. The van der Waals surface area contributed by atoms with Crippen LogP contribution in [-0.4, -0.2) is 66.0 Å². The maximum absolute atomic E-state index is 9.90. The van der Waals surface area contributed by atoms with E-state index in [1.807, 2.05) is 11.4 Å². The minimum atomic E-state index is -0.230. The van der Waals surface area contributed by atoms with Crippen molar-refractivity contribution >= 4 is 11.3 Å². The van der Waals surface area contributed by atoms with Crippen molar-refractivity contribution in [1.29, 1.82) is 0 Å². The van der Waals surface area contributed by atoms with Crippen LogP contribution in [0.5, 0.6) is 0 Å². The van der Waals surface area contributed by atoms with Crippen LogP contribution in [0.4, 0.5) is 0 Å². The molecule has 0 radical (unpaired) electrons. The second kappa shape index (κ2) is 7.21. The Hall–Kier alpha value is -0.900. The lowest BCUT2D eigenvalue weighted by Gasteiger charge is -2.26. The first-order valence-electron chi connectivity index (χ1n) is 6.83. The lowest BCUT2D eigenvalue weighted by atomic mass is 10.2. The van der Waals surface area contributed by atoms with Crippen molar-refractivity contribution in [3.8, 4) is 11.8 Å². The first kappa shape index (κ1) is 15.5. The number of hydrogen-bond donors (Lipinski definition) is 2. The predicted octanol–water partition coefficient (Wildman–Crippen LogP) is 0.589. The quantitative estimate of drug-likeness (QED) is 0.798. The molecule has 1 fully saturated rings. The van der Waals surface area contributed by atoms with E-state index >= 15 is 0 Å². The molecule has 0 spiro atoms. The molecular weight excluding hydrogens is 272 g/mol. The van der Waals surface area contributed by atoms with Gasteiger partial charge in [0.05, 0.1) is 6.10 Å². The van der Waals surface area contributed by atoms with Crippen LogP contribution < -0.4 is 0 Å². The maximum Gasteiger partial charge on any atom is 0.104 e. The molecule has 2 unspecified atom stereocenters. The third-order valence-corrected chi connectivity index (χ3v) is 4.38. The number of likely N-dealkylation sites (N-methyl/N-ethyl adjacent to an activating group) is 1. The van der Waals surface area contributed by atoms with E-state index in [0.29, 0.717) is 6.04 Å². The molecule has 1 aromatic heterocycles. The van der Waals surface area contributed by atoms with E-state index in [1.54, 1.807) is 11.3 Å². The molecular formula is C15H22N2O2S. The fraction of sp³-hybridized carbons (Fsp3) is 0.600. The van der Waals surface area contributed by atoms with Gasteiger partial charge in [-0.1, -0.05) is 11.8 Å². The van der Waals surface area contributed by atoms with Gasteiger partial charge in [-0.15, -0.1) is 11.3 Å². The van der Waals surface area contributed by atoms with Crippen LogP contribution in [0.2, 0.25) is 0 Å². The summed E-state index contributed by atoms with van der Waals surface area (Å²) in [4.78, 5) is 5.71. The Bertz CT molecular complexity index is 490. The van der Waals surface area contributed by atoms with Crippen LogP contribution >= 0.6 is 11.3 Å². The van der Waals surface area contributed by atoms with Crippen molar-refractivity contribution in [1.82, 2.24) is 9.80 Å². The number of aliphatic hydroxyl groups excluding tert-OH is 2. The highest BCUT2D eigenvalue weighted by molar-refractivity contribution is 7.10. The number of aliphatic hydroxyl groups is 2. The maximum atomic E-state index is 9.90. The summed E-state index contributed by atoms with van der Waals surface area (Å²) in [6, 6.07) is 2.39. The number of β-amino-alcohol motifs (C(OH)–C–C–N with tert-alkyl or cyclic N) is 1. The minimum absolute atomic E-state index is 0.110. The molecule has 2 heterocycles. The number of nitrogens with zero attached hydrogens (tertiary/aromatic N) is 2. The lowest BCUT2D eigenvalue weighted by Crippen LogP contribution is -2.37. The van der Waals surface area contributed by atoms with Gasteiger partial charge in [0, 0.05) is 36.1 Å². The highest BCUT2D eigenvalue weighted by Gasteiger charge is 2.31. The van der Waals surface area contributed by atoms with E-state index in [-0.39, 0.29) is 12.7 Å². The monoisotopic (exact) mass is 294 g/mol. The third kappa shape index (κ3) is 4.05. The molecule has 5 heteroatoms. The highest BCUT2D eigenvalue weighted by atomic mass is 32.1. The van der Waals surface area contributed by atoms with Crippen LogP contribution in [0.3, 0.4) is 0 Å². The molecule has 1 aliphatic heterocycles. The van der Waals surface area contributed by atoms with Crippen molar-refractivity contribution in [2.45, 2.75) is 25.1 Å². The predicted molar refractivity (Wildman–Crippen MR) is 81.7 cm³/mol. The van der Waals surface area contributed by atoms with Gasteiger partial charge in [-0.25, -0.2) is 0 Å². The van der Waals surface area contributed by atoms with Crippen LogP contribution in [0.15, 0.2) is 11.4 Å². The zero-order chi connectivity index (χ0) is 14.5. The summed E-state index contributed by atoms with van der Waals surface area (Å²) in [5, 5.41) is 20.7. The Morgan fingerprint density at radius 3 is 3.00 bits per heavy atom. The lowest BCUT2D eigenvalue weighted by molar-refractivity contribution is 0.170. The summed E-state index contributed by atoms with van der Waals surface area (Å²) >= 11 is 1.69. The Kier molecular flexibility index (Phi) is 5.58. The Morgan fingerprint density at radius 2 is 2.30 bits per heavy atom.